The average molecular weight is 276 g/mol. The number of aromatic nitrogens is 1. The van der Waals surface area contributed by atoms with Crippen molar-refractivity contribution >= 4 is 10.8 Å². The van der Waals surface area contributed by atoms with Crippen molar-refractivity contribution in [2.24, 2.45) is 5.73 Å². The monoisotopic (exact) mass is 276 g/mol. The van der Waals surface area contributed by atoms with Crippen LogP contribution in [0.2, 0.25) is 0 Å². The van der Waals surface area contributed by atoms with Gasteiger partial charge in [0.25, 0.3) is 0 Å². The number of hydrogen-bond donors (Lipinski definition) is 1. The Hall–Kier alpha value is -2.39. The molecule has 1 aliphatic rings. The first kappa shape index (κ1) is 12.4. The van der Waals surface area contributed by atoms with Crippen LogP contribution in [0.3, 0.4) is 0 Å². The number of ether oxygens (including phenoxy) is 1. The van der Waals surface area contributed by atoms with Gasteiger partial charge in [-0.2, -0.15) is 0 Å². The maximum atomic E-state index is 6.51. The molecule has 2 heterocycles. The van der Waals surface area contributed by atoms with Crippen molar-refractivity contribution in [3.05, 3.63) is 71.5 Å². The molecule has 0 amide bonds. The van der Waals surface area contributed by atoms with Crippen LogP contribution in [0.5, 0.6) is 5.75 Å². The number of fused-ring (bicyclic) bond motifs is 2. The van der Waals surface area contributed by atoms with Crippen LogP contribution in [0.1, 0.15) is 22.9 Å². The first-order valence-corrected chi connectivity index (χ1v) is 7.18. The Bertz CT molecular complexity index is 808. The van der Waals surface area contributed by atoms with E-state index >= 15 is 0 Å². The van der Waals surface area contributed by atoms with E-state index in [-0.39, 0.29) is 6.04 Å². The van der Waals surface area contributed by atoms with Crippen molar-refractivity contribution in [2.45, 2.75) is 12.5 Å². The fourth-order valence-corrected chi connectivity index (χ4v) is 3.02. The van der Waals surface area contributed by atoms with Crippen molar-refractivity contribution in [3.8, 4) is 5.75 Å². The Morgan fingerprint density at radius 2 is 1.95 bits per heavy atom. The SMILES string of the molecule is NC(c1cccc2c1OCC2)c1nccc2ccccc12. The van der Waals surface area contributed by atoms with Crippen LogP contribution in [0.15, 0.2) is 54.7 Å². The van der Waals surface area contributed by atoms with Gasteiger partial charge in [-0.05, 0) is 17.0 Å². The van der Waals surface area contributed by atoms with E-state index in [0.717, 1.165) is 40.8 Å². The number of pyridine rings is 1. The molecule has 1 aromatic heterocycles. The summed E-state index contributed by atoms with van der Waals surface area (Å²) < 4.78 is 5.78. The number of nitrogens with two attached hydrogens (primary N) is 1. The molecule has 3 heteroatoms. The number of benzene rings is 2. The maximum Gasteiger partial charge on any atom is 0.127 e. The van der Waals surface area contributed by atoms with Crippen molar-refractivity contribution in [3.63, 3.8) is 0 Å². The van der Waals surface area contributed by atoms with E-state index in [9.17, 15) is 0 Å². The third kappa shape index (κ3) is 1.98. The van der Waals surface area contributed by atoms with E-state index in [1.807, 2.05) is 36.5 Å². The summed E-state index contributed by atoms with van der Waals surface area (Å²) in [6, 6.07) is 16.1. The summed E-state index contributed by atoms with van der Waals surface area (Å²) in [5.74, 6) is 0.944. The first-order chi connectivity index (χ1) is 10.3. The molecule has 3 nitrogen and oxygen atoms in total. The molecule has 1 aliphatic heterocycles. The van der Waals surface area contributed by atoms with E-state index in [2.05, 4.69) is 23.2 Å². The predicted octanol–water partition coefficient (Wildman–Crippen LogP) is 3.22. The minimum Gasteiger partial charge on any atom is -0.493 e. The molecular formula is C18H16N2O. The molecule has 0 spiro atoms. The fraction of sp³-hybridized carbons (Fsp3) is 0.167. The van der Waals surface area contributed by atoms with Gasteiger partial charge in [0.15, 0.2) is 0 Å². The van der Waals surface area contributed by atoms with Crippen molar-refractivity contribution < 1.29 is 4.74 Å². The largest absolute Gasteiger partial charge is 0.493 e. The summed E-state index contributed by atoms with van der Waals surface area (Å²) in [7, 11) is 0. The van der Waals surface area contributed by atoms with Crippen LogP contribution in [0.25, 0.3) is 10.8 Å². The highest BCUT2D eigenvalue weighted by molar-refractivity contribution is 5.85. The molecule has 0 radical (unpaired) electrons. The van der Waals surface area contributed by atoms with Gasteiger partial charge in [-0.15, -0.1) is 0 Å². The van der Waals surface area contributed by atoms with Gasteiger partial charge >= 0.3 is 0 Å². The molecule has 0 fully saturated rings. The molecule has 21 heavy (non-hydrogen) atoms. The molecule has 2 aromatic carbocycles. The highest BCUT2D eigenvalue weighted by Crippen LogP contribution is 2.36. The number of para-hydroxylation sites is 1. The lowest BCUT2D eigenvalue weighted by Gasteiger charge is -2.16. The van der Waals surface area contributed by atoms with Gasteiger partial charge < -0.3 is 10.5 Å². The Kier molecular flexibility index (Phi) is 2.86. The van der Waals surface area contributed by atoms with Crippen LogP contribution in [-0.2, 0) is 6.42 Å². The summed E-state index contributed by atoms with van der Waals surface area (Å²) in [6.45, 7) is 0.738. The lowest BCUT2D eigenvalue weighted by molar-refractivity contribution is 0.352. The van der Waals surface area contributed by atoms with Gasteiger partial charge in [0.2, 0.25) is 0 Å². The second kappa shape index (κ2) is 4.86. The van der Waals surface area contributed by atoms with E-state index < -0.39 is 0 Å². The van der Waals surface area contributed by atoms with Crippen LogP contribution >= 0.6 is 0 Å². The van der Waals surface area contributed by atoms with Gasteiger partial charge in [0, 0.05) is 23.6 Å². The molecule has 0 saturated heterocycles. The lowest BCUT2D eigenvalue weighted by Crippen LogP contribution is -2.15. The summed E-state index contributed by atoms with van der Waals surface area (Å²) >= 11 is 0. The van der Waals surface area contributed by atoms with Gasteiger partial charge in [0.05, 0.1) is 18.3 Å². The maximum absolute atomic E-state index is 6.51. The van der Waals surface area contributed by atoms with Crippen LogP contribution in [0.4, 0.5) is 0 Å². The summed E-state index contributed by atoms with van der Waals surface area (Å²) in [5.41, 5.74) is 9.67. The van der Waals surface area contributed by atoms with Gasteiger partial charge in [-0.3, -0.25) is 4.98 Å². The molecule has 104 valence electrons. The molecule has 1 unspecified atom stereocenters. The molecule has 2 N–H and O–H groups in total. The van der Waals surface area contributed by atoms with Crippen molar-refractivity contribution in [1.29, 1.82) is 0 Å². The summed E-state index contributed by atoms with van der Waals surface area (Å²) in [6.07, 6.45) is 2.78. The van der Waals surface area contributed by atoms with Crippen molar-refractivity contribution in [2.75, 3.05) is 6.61 Å². The summed E-state index contributed by atoms with van der Waals surface area (Å²) in [5, 5.41) is 2.26. The van der Waals surface area contributed by atoms with E-state index in [1.165, 1.54) is 5.56 Å². The van der Waals surface area contributed by atoms with Crippen molar-refractivity contribution in [1.82, 2.24) is 4.98 Å². The Morgan fingerprint density at radius 3 is 2.90 bits per heavy atom. The highest BCUT2D eigenvalue weighted by atomic mass is 16.5. The summed E-state index contributed by atoms with van der Waals surface area (Å²) in [4.78, 5) is 4.53. The Balaban J connectivity index is 1.88. The molecule has 0 saturated carbocycles. The highest BCUT2D eigenvalue weighted by Gasteiger charge is 2.22. The molecule has 4 rings (SSSR count). The topological polar surface area (TPSA) is 48.1 Å². The zero-order valence-corrected chi connectivity index (χ0v) is 11.6. The molecule has 0 aliphatic carbocycles. The third-order valence-electron chi connectivity index (χ3n) is 4.08. The Labute approximate surface area is 123 Å². The van der Waals surface area contributed by atoms with E-state index in [1.54, 1.807) is 0 Å². The van der Waals surface area contributed by atoms with Gasteiger partial charge in [0.1, 0.15) is 5.75 Å². The van der Waals surface area contributed by atoms with Crippen LogP contribution in [-0.4, -0.2) is 11.6 Å². The van der Waals surface area contributed by atoms with Gasteiger partial charge in [-0.1, -0.05) is 42.5 Å². The number of hydrogen-bond acceptors (Lipinski definition) is 3. The van der Waals surface area contributed by atoms with Crippen LogP contribution < -0.4 is 10.5 Å². The zero-order valence-electron chi connectivity index (χ0n) is 11.6. The van der Waals surface area contributed by atoms with E-state index in [0.29, 0.717) is 0 Å². The van der Waals surface area contributed by atoms with Gasteiger partial charge in [-0.25, -0.2) is 0 Å². The standard InChI is InChI=1S/C18H16N2O/c19-16(15-7-3-5-13-9-11-21-18(13)15)17-14-6-2-1-4-12(14)8-10-20-17/h1-8,10,16H,9,11,19H2. The molecule has 3 aromatic rings. The number of rotatable bonds is 2. The quantitative estimate of drug-likeness (QED) is 0.781. The molecular weight excluding hydrogens is 260 g/mol. The first-order valence-electron chi connectivity index (χ1n) is 7.18. The predicted molar refractivity (Wildman–Crippen MR) is 83.4 cm³/mol. The molecule has 1 atom stereocenters. The minimum absolute atomic E-state index is 0.274. The second-order valence-electron chi connectivity index (χ2n) is 5.33. The fourth-order valence-electron chi connectivity index (χ4n) is 3.02. The average Bonchev–Trinajstić information content (AvgIpc) is 3.02. The number of nitrogens with zero attached hydrogens (tertiary/aromatic N) is 1. The van der Waals surface area contributed by atoms with E-state index in [4.69, 9.17) is 10.5 Å². The minimum atomic E-state index is -0.274. The second-order valence-corrected chi connectivity index (χ2v) is 5.33. The normalized spacial score (nSPS) is 14.7. The lowest BCUT2D eigenvalue weighted by atomic mass is 9.97. The zero-order chi connectivity index (χ0) is 14.2. The third-order valence-corrected chi connectivity index (χ3v) is 4.08. The van der Waals surface area contributed by atoms with Crippen LogP contribution in [0, 0.1) is 0 Å². The smallest absolute Gasteiger partial charge is 0.127 e. The molecule has 0 bridgehead atoms. The Morgan fingerprint density at radius 1 is 1.05 bits per heavy atom.